The van der Waals surface area contributed by atoms with Gasteiger partial charge in [0, 0.05) is 31.1 Å². The summed E-state index contributed by atoms with van der Waals surface area (Å²) in [5.41, 5.74) is 8.86. The standard InChI is InChI=1S/C30H29N5O/c1-19-2-11-28-27(14-19)33-29(35(28)17-20-12-13-34(16-20)30(36)23-7-8-23)22-5-3-21(4-6-22)24-9-10-25-26(15-24)32-18-31-25/h2-6,9-11,14-15,18,20,23H,7-8,12-13,16-17H2,1H3,(H,31,32)/t20-/m1/s1. The fourth-order valence-electron chi connectivity index (χ4n) is 5.60. The second-order valence-corrected chi connectivity index (χ2v) is 10.5. The Kier molecular flexibility index (Phi) is 4.94. The Labute approximate surface area is 210 Å². The second-order valence-electron chi connectivity index (χ2n) is 10.5. The van der Waals surface area contributed by atoms with E-state index in [-0.39, 0.29) is 0 Å². The first kappa shape index (κ1) is 21.4. The number of fused-ring (bicyclic) bond motifs is 2. The average molecular weight is 476 g/mol. The summed E-state index contributed by atoms with van der Waals surface area (Å²) in [5.74, 6) is 2.11. The molecule has 1 aliphatic heterocycles. The van der Waals surface area contributed by atoms with Crippen LogP contribution in [-0.2, 0) is 11.3 Å². The Balaban J connectivity index is 1.21. The molecule has 1 aliphatic carbocycles. The summed E-state index contributed by atoms with van der Waals surface area (Å²) >= 11 is 0. The molecule has 5 aromatic rings. The van der Waals surface area contributed by atoms with Crippen molar-refractivity contribution in [2.24, 2.45) is 11.8 Å². The molecule has 2 aliphatic rings. The lowest BCUT2D eigenvalue weighted by molar-refractivity contribution is -0.131. The van der Waals surface area contributed by atoms with E-state index in [0.29, 0.717) is 17.7 Å². The Morgan fingerprint density at radius 2 is 1.75 bits per heavy atom. The molecule has 1 N–H and O–H groups in total. The van der Waals surface area contributed by atoms with Crippen molar-refractivity contribution in [2.75, 3.05) is 13.1 Å². The van der Waals surface area contributed by atoms with E-state index < -0.39 is 0 Å². The predicted molar refractivity (Wildman–Crippen MR) is 142 cm³/mol. The molecule has 1 saturated heterocycles. The molecule has 1 amide bonds. The van der Waals surface area contributed by atoms with Crippen LogP contribution in [-0.4, -0.2) is 43.4 Å². The summed E-state index contributed by atoms with van der Waals surface area (Å²) in [4.78, 5) is 27.3. The maximum Gasteiger partial charge on any atom is 0.225 e. The molecule has 1 atom stereocenters. The number of hydrogen-bond donors (Lipinski definition) is 1. The van der Waals surface area contributed by atoms with Crippen LogP contribution in [0.25, 0.3) is 44.6 Å². The first-order valence-electron chi connectivity index (χ1n) is 12.9. The number of nitrogens with zero attached hydrogens (tertiary/aromatic N) is 4. The summed E-state index contributed by atoms with van der Waals surface area (Å²) in [6, 6.07) is 21.5. The highest BCUT2D eigenvalue weighted by molar-refractivity contribution is 5.84. The number of aromatic nitrogens is 4. The van der Waals surface area contributed by atoms with E-state index in [4.69, 9.17) is 4.98 Å². The lowest BCUT2D eigenvalue weighted by atomic mass is 10.0. The summed E-state index contributed by atoms with van der Waals surface area (Å²) in [6.07, 6.45) is 4.93. The number of rotatable bonds is 5. The molecule has 3 heterocycles. The van der Waals surface area contributed by atoms with E-state index in [9.17, 15) is 4.79 Å². The SMILES string of the molecule is Cc1ccc2c(c1)nc(-c1ccc(-c3ccc4nc[nH]c4c3)cc1)n2C[C@@H]1CCN(C(=O)C2CC2)C1. The second kappa shape index (κ2) is 8.33. The number of aryl methyl sites for hydroxylation is 1. The van der Waals surface area contributed by atoms with Crippen LogP contribution in [0.3, 0.4) is 0 Å². The Morgan fingerprint density at radius 1 is 0.944 bits per heavy atom. The molecular weight excluding hydrogens is 446 g/mol. The third-order valence-corrected chi connectivity index (χ3v) is 7.77. The lowest BCUT2D eigenvalue weighted by Crippen LogP contribution is -2.30. The molecule has 1 saturated carbocycles. The molecule has 6 nitrogen and oxygen atoms in total. The molecule has 180 valence electrons. The van der Waals surface area contributed by atoms with Gasteiger partial charge in [-0.25, -0.2) is 9.97 Å². The average Bonchev–Trinajstić information content (AvgIpc) is 3.30. The van der Waals surface area contributed by atoms with Gasteiger partial charge in [0.2, 0.25) is 5.91 Å². The van der Waals surface area contributed by atoms with Gasteiger partial charge in [0.15, 0.2) is 0 Å². The number of benzene rings is 3. The minimum Gasteiger partial charge on any atom is -0.345 e. The van der Waals surface area contributed by atoms with Crippen molar-refractivity contribution in [3.8, 4) is 22.5 Å². The van der Waals surface area contributed by atoms with E-state index in [0.717, 1.165) is 77.9 Å². The van der Waals surface area contributed by atoms with E-state index in [2.05, 4.69) is 87.0 Å². The van der Waals surface area contributed by atoms with Crippen molar-refractivity contribution < 1.29 is 4.79 Å². The number of amides is 1. The van der Waals surface area contributed by atoms with E-state index in [1.165, 1.54) is 11.1 Å². The molecule has 6 heteroatoms. The molecule has 0 bridgehead atoms. The molecule has 2 fully saturated rings. The van der Waals surface area contributed by atoms with Gasteiger partial charge in [0.05, 0.1) is 28.4 Å². The number of imidazole rings is 2. The first-order chi connectivity index (χ1) is 17.6. The Bertz CT molecular complexity index is 1590. The number of nitrogens with one attached hydrogen (secondary N) is 1. The van der Waals surface area contributed by atoms with Crippen molar-refractivity contribution in [3.63, 3.8) is 0 Å². The topological polar surface area (TPSA) is 66.8 Å². The minimum atomic E-state index is 0.295. The maximum absolute atomic E-state index is 12.6. The summed E-state index contributed by atoms with van der Waals surface area (Å²) < 4.78 is 2.37. The molecule has 7 rings (SSSR count). The molecule has 0 spiro atoms. The smallest absolute Gasteiger partial charge is 0.225 e. The monoisotopic (exact) mass is 475 g/mol. The van der Waals surface area contributed by atoms with Gasteiger partial charge >= 0.3 is 0 Å². The van der Waals surface area contributed by atoms with Gasteiger partial charge in [-0.3, -0.25) is 4.79 Å². The highest BCUT2D eigenvalue weighted by atomic mass is 16.2. The van der Waals surface area contributed by atoms with Gasteiger partial charge in [0.1, 0.15) is 5.82 Å². The van der Waals surface area contributed by atoms with Gasteiger partial charge in [-0.05, 0) is 73.1 Å². The number of carbonyl (C=O) groups excluding carboxylic acids is 1. The van der Waals surface area contributed by atoms with Crippen LogP contribution in [0.5, 0.6) is 0 Å². The summed E-state index contributed by atoms with van der Waals surface area (Å²) in [7, 11) is 0. The Hall–Kier alpha value is -3.93. The van der Waals surface area contributed by atoms with Crippen LogP contribution < -0.4 is 0 Å². The number of hydrogen-bond acceptors (Lipinski definition) is 3. The molecule has 0 radical (unpaired) electrons. The van der Waals surface area contributed by atoms with Gasteiger partial charge in [-0.2, -0.15) is 0 Å². The van der Waals surface area contributed by atoms with Crippen LogP contribution in [0.15, 0.2) is 67.0 Å². The first-order valence-corrected chi connectivity index (χ1v) is 12.9. The third kappa shape index (κ3) is 3.77. The quantitative estimate of drug-likeness (QED) is 0.349. The lowest BCUT2D eigenvalue weighted by Gasteiger charge is -2.18. The minimum absolute atomic E-state index is 0.295. The Morgan fingerprint density at radius 3 is 2.58 bits per heavy atom. The number of H-pyrrole nitrogens is 1. The third-order valence-electron chi connectivity index (χ3n) is 7.77. The van der Waals surface area contributed by atoms with Gasteiger partial charge in [-0.1, -0.05) is 36.4 Å². The molecule has 36 heavy (non-hydrogen) atoms. The van der Waals surface area contributed by atoms with Crippen LogP contribution in [0.2, 0.25) is 0 Å². The van der Waals surface area contributed by atoms with Crippen LogP contribution in [0.1, 0.15) is 24.8 Å². The summed E-state index contributed by atoms with van der Waals surface area (Å²) in [5, 5.41) is 0. The highest BCUT2D eigenvalue weighted by Crippen LogP contribution is 2.34. The number of carbonyl (C=O) groups is 1. The van der Waals surface area contributed by atoms with Crippen molar-refractivity contribution in [3.05, 3.63) is 72.6 Å². The fraction of sp³-hybridized carbons (Fsp3) is 0.300. The molecule has 2 aromatic heterocycles. The summed E-state index contributed by atoms with van der Waals surface area (Å²) in [6.45, 7) is 4.73. The normalized spacial score (nSPS) is 17.9. The zero-order valence-electron chi connectivity index (χ0n) is 20.4. The van der Waals surface area contributed by atoms with Gasteiger partial charge in [-0.15, -0.1) is 0 Å². The molecular formula is C30H29N5O. The zero-order valence-corrected chi connectivity index (χ0v) is 20.4. The number of aromatic amines is 1. The molecule has 3 aromatic carbocycles. The highest BCUT2D eigenvalue weighted by Gasteiger charge is 2.36. The van der Waals surface area contributed by atoms with Crippen LogP contribution >= 0.6 is 0 Å². The van der Waals surface area contributed by atoms with Crippen molar-refractivity contribution >= 4 is 28.0 Å². The molecule has 0 unspecified atom stereocenters. The number of likely N-dealkylation sites (tertiary alicyclic amines) is 1. The van der Waals surface area contributed by atoms with Crippen molar-refractivity contribution in [1.29, 1.82) is 0 Å². The fourth-order valence-corrected chi connectivity index (χ4v) is 5.60. The van der Waals surface area contributed by atoms with E-state index in [1.807, 2.05) is 0 Å². The van der Waals surface area contributed by atoms with Crippen molar-refractivity contribution in [1.82, 2.24) is 24.4 Å². The van der Waals surface area contributed by atoms with E-state index in [1.54, 1.807) is 6.33 Å². The van der Waals surface area contributed by atoms with E-state index >= 15 is 0 Å². The largest absolute Gasteiger partial charge is 0.345 e. The zero-order chi connectivity index (χ0) is 24.2. The van der Waals surface area contributed by atoms with Gasteiger partial charge in [0.25, 0.3) is 0 Å². The predicted octanol–water partition coefficient (Wildman–Crippen LogP) is 5.81. The van der Waals surface area contributed by atoms with Crippen LogP contribution in [0.4, 0.5) is 0 Å². The van der Waals surface area contributed by atoms with Crippen molar-refractivity contribution in [2.45, 2.75) is 32.7 Å². The maximum atomic E-state index is 12.6. The van der Waals surface area contributed by atoms with Gasteiger partial charge < -0.3 is 14.5 Å². The van der Waals surface area contributed by atoms with Crippen LogP contribution in [0, 0.1) is 18.8 Å².